The highest BCUT2D eigenvalue weighted by Gasteiger charge is 2.22. The molecule has 1 N–H and O–H groups in total. The van der Waals surface area contributed by atoms with Crippen molar-refractivity contribution in [1.82, 2.24) is 23.9 Å². The lowest BCUT2D eigenvalue weighted by molar-refractivity contribution is 0.0687. The average Bonchev–Trinajstić information content (AvgIpc) is 3.65. The number of likely N-dealkylation sites (N-methyl/N-ethyl adjacent to an activating group) is 1. The first-order valence-corrected chi connectivity index (χ1v) is 13.6. The predicted octanol–water partition coefficient (Wildman–Crippen LogP) is 5.50. The molecule has 40 heavy (non-hydrogen) atoms. The number of hydrogen-bond acceptors (Lipinski definition) is 5. The molecule has 9 nitrogen and oxygen atoms in total. The second kappa shape index (κ2) is 10.8. The van der Waals surface area contributed by atoms with Crippen LogP contribution >= 0.6 is 0 Å². The van der Waals surface area contributed by atoms with Crippen molar-refractivity contribution < 1.29 is 14.6 Å². The number of benzene rings is 2. The quantitative estimate of drug-likeness (QED) is 0.251. The van der Waals surface area contributed by atoms with Crippen LogP contribution in [0.4, 0.5) is 5.69 Å². The Morgan fingerprint density at radius 1 is 1.07 bits per heavy atom. The Balaban J connectivity index is 1.67. The van der Waals surface area contributed by atoms with Crippen molar-refractivity contribution in [3.05, 3.63) is 71.6 Å². The van der Waals surface area contributed by atoms with Gasteiger partial charge in [0.15, 0.2) is 0 Å². The van der Waals surface area contributed by atoms with Crippen LogP contribution < -0.4 is 4.90 Å². The summed E-state index contributed by atoms with van der Waals surface area (Å²) in [6.45, 7) is 8.00. The zero-order valence-corrected chi connectivity index (χ0v) is 24.3. The molecule has 5 aromatic rings. The summed E-state index contributed by atoms with van der Waals surface area (Å²) in [4.78, 5) is 18.4. The minimum absolute atomic E-state index is 0.0973. The molecule has 5 rings (SSSR count). The lowest BCUT2D eigenvalue weighted by Gasteiger charge is -2.23. The number of carboxylic acid groups (broad SMARTS) is 1. The molecule has 3 aromatic heterocycles. The highest BCUT2D eigenvalue weighted by atomic mass is 16.5. The van der Waals surface area contributed by atoms with Gasteiger partial charge in [-0.25, -0.2) is 14.5 Å². The van der Waals surface area contributed by atoms with Crippen molar-refractivity contribution >= 4 is 33.5 Å². The molecule has 0 aliphatic heterocycles. The zero-order chi connectivity index (χ0) is 28.7. The number of anilines is 1. The summed E-state index contributed by atoms with van der Waals surface area (Å²) in [7, 11) is 7.69. The fourth-order valence-electron chi connectivity index (χ4n) is 5.87. The summed E-state index contributed by atoms with van der Waals surface area (Å²) in [5.74, 6) is -0.462. The van der Waals surface area contributed by atoms with E-state index in [4.69, 9.17) is 4.74 Å². The summed E-state index contributed by atoms with van der Waals surface area (Å²) >= 11 is 0. The third kappa shape index (κ3) is 4.86. The Morgan fingerprint density at radius 3 is 2.50 bits per heavy atom. The van der Waals surface area contributed by atoms with Gasteiger partial charge in [0.05, 0.1) is 23.3 Å². The topological polar surface area (TPSA) is 90.3 Å². The Kier molecular flexibility index (Phi) is 7.42. The number of aromatic carboxylic acids is 1. The Bertz CT molecular complexity index is 1680. The van der Waals surface area contributed by atoms with Crippen molar-refractivity contribution in [3.8, 4) is 5.69 Å². The second-order valence-corrected chi connectivity index (χ2v) is 11.1. The van der Waals surface area contributed by atoms with Gasteiger partial charge in [0.2, 0.25) is 0 Å². The van der Waals surface area contributed by atoms with Gasteiger partial charge in [-0.15, -0.1) is 0 Å². The van der Waals surface area contributed by atoms with Crippen molar-refractivity contribution in [3.63, 3.8) is 0 Å². The molecule has 210 valence electrons. The van der Waals surface area contributed by atoms with Crippen LogP contribution in [-0.2, 0) is 25.3 Å². The van der Waals surface area contributed by atoms with Gasteiger partial charge in [-0.3, -0.25) is 0 Å². The number of aromatic nitrogens is 5. The molecule has 0 fully saturated rings. The number of nitrogens with zero attached hydrogens (tertiary/aromatic N) is 6. The molecule has 1 unspecified atom stereocenters. The van der Waals surface area contributed by atoms with E-state index >= 15 is 0 Å². The zero-order valence-electron chi connectivity index (χ0n) is 24.3. The maximum absolute atomic E-state index is 12.1. The Labute approximate surface area is 234 Å². The minimum Gasteiger partial charge on any atom is -0.477 e. The molecule has 0 aliphatic carbocycles. The number of methoxy groups -OCH3 is 1. The molecule has 0 radical (unpaired) electrons. The highest BCUT2D eigenvalue weighted by Crippen LogP contribution is 2.37. The minimum atomic E-state index is -0.932. The van der Waals surface area contributed by atoms with Gasteiger partial charge < -0.3 is 23.9 Å². The molecule has 0 bridgehead atoms. The van der Waals surface area contributed by atoms with E-state index in [0.717, 1.165) is 40.8 Å². The van der Waals surface area contributed by atoms with Crippen LogP contribution in [0.25, 0.3) is 27.5 Å². The smallest absolute Gasteiger partial charge is 0.352 e. The lowest BCUT2D eigenvalue weighted by atomic mass is 9.90. The second-order valence-electron chi connectivity index (χ2n) is 11.1. The maximum Gasteiger partial charge on any atom is 0.352 e. The fourth-order valence-corrected chi connectivity index (χ4v) is 5.87. The normalized spacial score (nSPS) is 12.6. The van der Waals surface area contributed by atoms with Crippen molar-refractivity contribution in [2.75, 3.05) is 32.2 Å². The SMILES string of the molecule is COCCN(C)c1cc(C(C)Cc2cc(-n3cncn3)cc3c(C(C)C)cn(C)c23)c2c(c1)cc(C(=O)O)n2C. The average molecular weight is 543 g/mol. The molecule has 2 aromatic carbocycles. The first kappa shape index (κ1) is 27.5. The highest BCUT2D eigenvalue weighted by molar-refractivity contribution is 5.97. The van der Waals surface area contributed by atoms with Gasteiger partial charge in [-0.05, 0) is 65.3 Å². The van der Waals surface area contributed by atoms with Gasteiger partial charge in [0.25, 0.3) is 0 Å². The van der Waals surface area contributed by atoms with Gasteiger partial charge in [0.1, 0.15) is 18.3 Å². The van der Waals surface area contributed by atoms with E-state index in [1.54, 1.807) is 25.8 Å². The van der Waals surface area contributed by atoms with Gasteiger partial charge in [0, 0.05) is 57.5 Å². The maximum atomic E-state index is 12.1. The summed E-state index contributed by atoms with van der Waals surface area (Å²) in [6.07, 6.45) is 6.28. The summed E-state index contributed by atoms with van der Waals surface area (Å²) in [5.41, 5.74) is 8.08. The van der Waals surface area contributed by atoms with Crippen LogP contribution in [-0.4, -0.2) is 62.3 Å². The van der Waals surface area contributed by atoms with Crippen LogP contribution in [0.2, 0.25) is 0 Å². The third-order valence-corrected chi connectivity index (χ3v) is 7.97. The van der Waals surface area contributed by atoms with Crippen LogP contribution in [0.15, 0.2) is 49.2 Å². The molecule has 0 spiro atoms. The van der Waals surface area contributed by atoms with E-state index in [1.165, 1.54) is 22.0 Å². The van der Waals surface area contributed by atoms with E-state index in [2.05, 4.69) is 77.8 Å². The summed E-state index contributed by atoms with van der Waals surface area (Å²) < 4.78 is 11.2. The van der Waals surface area contributed by atoms with Gasteiger partial charge in [-0.2, -0.15) is 5.10 Å². The summed E-state index contributed by atoms with van der Waals surface area (Å²) in [6, 6.07) is 10.5. The standard InChI is InChI=1S/C31H38N6O3/c1-19(2)27-16-35(5)29-21(12-24(15-26(27)29)37-18-32-17-33-37)10-20(3)25-14-23(34(4)8-9-40-7)11-22-13-28(31(38)39)36(6)30(22)25/h11-20H,8-10H2,1-7H3,(H,38,39). The number of ether oxygens (including phenoxy) is 1. The molecule has 0 amide bonds. The molecule has 0 aliphatic rings. The molecule has 0 saturated carbocycles. The number of aryl methyl sites for hydroxylation is 2. The van der Waals surface area contributed by atoms with E-state index < -0.39 is 5.97 Å². The van der Waals surface area contributed by atoms with E-state index in [9.17, 15) is 9.90 Å². The van der Waals surface area contributed by atoms with Crippen LogP contribution in [0.1, 0.15) is 59.8 Å². The number of carbonyl (C=O) groups is 1. The van der Waals surface area contributed by atoms with Gasteiger partial charge in [-0.1, -0.05) is 20.8 Å². The Hall–Kier alpha value is -4.11. The van der Waals surface area contributed by atoms with Crippen LogP contribution in [0.3, 0.4) is 0 Å². The Morgan fingerprint density at radius 2 is 1.85 bits per heavy atom. The number of fused-ring (bicyclic) bond motifs is 2. The fraction of sp³-hybridized carbons (Fsp3) is 0.387. The first-order valence-electron chi connectivity index (χ1n) is 13.6. The molecular weight excluding hydrogens is 504 g/mol. The predicted molar refractivity (Wildman–Crippen MR) is 159 cm³/mol. The molecule has 1 atom stereocenters. The molecule has 3 heterocycles. The summed E-state index contributed by atoms with van der Waals surface area (Å²) in [5, 5.41) is 16.4. The van der Waals surface area contributed by atoms with Crippen LogP contribution in [0.5, 0.6) is 0 Å². The molecule has 9 heteroatoms. The van der Waals surface area contributed by atoms with Crippen molar-refractivity contribution in [2.24, 2.45) is 14.1 Å². The number of rotatable bonds is 10. The first-order chi connectivity index (χ1) is 19.1. The van der Waals surface area contributed by atoms with Crippen molar-refractivity contribution in [1.29, 1.82) is 0 Å². The number of hydrogen-bond donors (Lipinski definition) is 1. The van der Waals surface area contributed by atoms with Crippen molar-refractivity contribution in [2.45, 2.75) is 39.0 Å². The monoisotopic (exact) mass is 542 g/mol. The van der Waals surface area contributed by atoms with E-state index in [1.807, 2.05) is 23.3 Å². The van der Waals surface area contributed by atoms with Crippen LogP contribution in [0, 0.1) is 0 Å². The third-order valence-electron chi connectivity index (χ3n) is 7.97. The van der Waals surface area contributed by atoms with Gasteiger partial charge >= 0.3 is 5.97 Å². The van der Waals surface area contributed by atoms with E-state index in [-0.39, 0.29) is 11.6 Å². The van der Waals surface area contributed by atoms with E-state index in [0.29, 0.717) is 12.5 Å². The lowest BCUT2D eigenvalue weighted by Crippen LogP contribution is -2.22. The molecule has 0 saturated heterocycles. The number of carboxylic acids is 1. The molecular formula is C31H38N6O3. The largest absolute Gasteiger partial charge is 0.477 e.